The van der Waals surface area contributed by atoms with E-state index in [1.165, 1.54) is 83.0 Å². The van der Waals surface area contributed by atoms with Gasteiger partial charge in [-0.1, -0.05) is 146 Å². The number of hydrogen-bond acceptors (Lipinski definition) is 1. The van der Waals surface area contributed by atoms with E-state index < -0.39 is 0 Å². The Kier molecular flexibility index (Phi) is 7.98. The van der Waals surface area contributed by atoms with Gasteiger partial charge >= 0.3 is 0 Å². The molecule has 2 aliphatic rings. The molecule has 0 amide bonds. The number of benzene rings is 8. The summed E-state index contributed by atoms with van der Waals surface area (Å²) in [7, 11) is 0. The highest BCUT2D eigenvalue weighted by Crippen LogP contribution is 2.52. The van der Waals surface area contributed by atoms with Crippen molar-refractivity contribution < 1.29 is 0 Å². The van der Waals surface area contributed by atoms with Crippen LogP contribution in [-0.4, -0.2) is 9.13 Å². The van der Waals surface area contributed by atoms with Crippen molar-refractivity contribution in [3.8, 4) is 44.9 Å². The van der Waals surface area contributed by atoms with Gasteiger partial charge in [-0.2, -0.15) is 0 Å². The molecule has 3 heteroatoms. The van der Waals surface area contributed by atoms with Crippen molar-refractivity contribution >= 4 is 49.7 Å². The molecular formula is C58H41N3. The third-order valence-electron chi connectivity index (χ3n) is 12.8. The summed E-state index contributed by atoms with van der Waals surface area (Å²) in [5.41, 5.74) is 21.7. The van der Waals surface area contributed by atoms with Gasteiger partial charge in [-0.25, -0.2) is 0 Å². The van der Waals surface area contributed by atoms with Gasteiger partial charge in [0.1, 0.15) is 0 Å². The molecule has 0 fully saturated rings. The van der Waals surface area contributed by atoms with E-state index in [1.54, 1.807) is 0 Å². The summed E-state index contributed by atoms with van der Waals surface area (Å²) in [6.07, 6.45) is 7.28. The van der Waals surface area contributed by atoms with Crippen LogP contribution < -0.4 is 4.90 Å². The summed E-state index contributed by atoms with van der Waals surface area (Å²) in [5.74, 6) is 0. The first-order valence-corrected chi connectivity index (χ1v) is 21.1. The summed E-state index contributed by atoms with van der Waals surface area (Å²) in [6, 6.07) is 68.8. The number of fused-ring (bicyclic) bond motifs is 11. The Balaban J connectivity index is 1.11. The number of rotatable bonds is 6. The molecule has 288 valence electrons. The smallest absolute Gasteiger partial charge is 0.0641 e. The van der Waals surface area contributed by atoms with Gasteiger partial charge in [-0.05, 0) is 107 Å². The first-order valence-electron chi connectivity index (χ1n) is 21.1. The standard InChI is InChI=1S/C58H41N3/c1-3-19-46-51(4-2)59(39-20-7-5-8-21-39)56-35-34-38(36-50(56)58-57(46)47-26-13-16-32-54(47)60(58)40-22-9-6-10-23-40)41-27-17-28-42-43-29-18-33-55(49(43)37-48(41)42)61-52-30-14-11-24-44(52)45-25-12-15-31-53(45)61/h3-36H,2,37H2,1H3/b19-3-. The normalized spacial score (nSPS) is 13.2. The van der Waals surface area contributed by atoms with E-state index in [-0.39, 0.29) is 0 Å². The maximum absolute atomic E-state index is 4.47. The summed E-state index contributed by atoms with van der Waals surface area (Å²) in [4.78, 5) is 2.40. The van der Waals surface area contributed by atoms with Gasteiger partial charge in [0.25, 0.3) is 0 Å². The average Bonchev–Trinajstić information content (AvgIpc) is 3.96. The predicted molar refractivity (Wildman–Crippen MR) is 257 cm³/mol. The van der Waals surface area contributed by atoms with Crippen LogP contribution in [0.1, 0.15) is 23.6 Å². The van der Waals surface area contributed by atoms with Gasteiger partial charge in [0.15, 0.2) is 0 Å². The van der Waals surface area contributed by atoms with Crippen molar-refractivity contribution in [3.63, 3.8) is 0 Å². The van der Waals surface area contributed by atoms with Crippen LogP contribution in [0.25, 0.3) is 83.2 Å². The molecule has 0 saturated heterocycles. The molecule has 0 N–H and O–H groups in total. The molecule has 2 aromatic heterocycles. The van der Waals surface area contributed by atoms with E-state index >= 15 is 0 Å². The average molecular weight is 780 g/mol. The van der Waals surface area contributed by atoms with Crippen molar-refractivity contribution in [2.75, 3.05) is 4.90 Å². The lowest BCUT2D eigenvalue weighted by atomic mass is 9.92. The molecule has 0 radical (unpaired) electrons. The summed E-state index contributed by atoms with van der Waals surface area (Å²) >= 11 is 0. The van der Waals surface area contributed by atoms with Gasteiger partial charge in [0.2, 0.25) is 0 Å². The summed E-state index contributed by atoms with van der Waals surface area (Å²) in [6.45, 7) is 6.57. The molecule has 8 aromatic carbocycles. The number of nitrogens with zero attached hydrogens (tertiary/aromatic N) is 3. The van der Waals surface area contributed by atoms with E-state index in [4.69, 9.17) is 0 Å². The van der Waals surface area contributed by atoms with E-state index in [9.17, 15) is 0 Å². The Labute approximate surface area is 355 Å². The second-order valence-electron chi connectivity index (χ2n) is 16.0. The Morgan fingerprint density at radius 1 is 0.475 bits per heavy atom. The van der Waals surface area contributed by atoms with Crippen LogP contribution >= 0.6 is 0 Å². The fourth-order valence-electron chi connectivity index (χ4n) is 10.4. The van der Waals surface area contributed by atoms with Crippen molar-refractivity contribution in [1.82, 2.24) is 9.13 Å². The fraction of sp³-hybridized carbons (Fsp3) is 0.0345. The molecular weight excluding hydrogens is 739 g/mol. The number of anilines is 2. The molecule has 1 aliphatic carbocycles. The van der Waals surface area contributed by atoms with Gasteiger partial charge < -0.3 is 14.0 Å². The second-order valence-corrected chi connectivity index (χ2v) is 16.0. The molecule has 0 bridgehead atoms. The Bertz CT molecular complexity index is 3410. The number of allylic oxidation sites excluding steroid dienone is 4. The van der Waals surface area contributed by atoms with Crippen LogP contribution in [0.15, 0.2) is 219 Å². The minimum Gasteiger partial charge on any atom is -0.309 e. The highest BCUT2D eigenvalue weighted by molar-refractivity contribution is 6.11. The second kappa shape index (κ2) is 13.9. The Morgan fingerprint density at radius 3 is 1.72 bits per heavy atom. The van der Waals surface area contributed by atoms with Crippen LogP contribution in [0, 0.1) is 0 Å². The van der Waals surface area contributed by atoms with E-state index in [1.807, 2.05) is 6.08 Å². The molecule has 61 heavy (non-hydrogen) atoms. The Morgan fingerprint density at radius 2 is 1.05 bits per heavy atom. The van der Waals surface area contributed by atoms with E-state index in [2.05, 4.69) is 228 Å². The molecule has 0 spiro atoms. The lowest BCUT2D eigenvalue weighted by molar-refractivity contribution is 1.12. The molecule has 3 nitrogen and oxygen atoms in total. The van der Waals surface area contributed by atoms with Crippen molar-refractivity contribution in [3.05, 3.63) is 235 Å². The molecule has 0 saturated carbocycles. The van der Waals surface area contributed by atoms with Gasteiger partial charge in [-0.15, -0.1) is 0 Å². The number of para-hydroxylation sites is 5. The van der Waals surface area contributed by atoms with E-state index in [0.29, 0.717) is 0 Å². The minimum atomic E-state index is 0.841. The largest absolute Gasteiger partial charge is 0.309 e. The zero-order valence-electron chi connectivity index (χ0n) is 33.9. The number of hydrogen-bond donors (Lipinski definition) is 0. The van der Waals surface area contributed by atoms with Gasteiger partial charge in [0, 0.05) is 50.7 Å². The molecule has 12 rings (SSSR count). The van der Waals surface area contributed by atoms with E-state index in [0.717, 1.165) is 40.3 Å². The van der Waals surface area contributed by atoms with Crippen LogP contribution in [0.4, 0.5) is 11.4 Å². The third kappa shape index (κ3) is 5.17. The highest BCUT2D eigenvalue weighted by Gasteiger charge is 2.33. The van der Waals surface area contributed by atoms with Crippen molar-refractivity contribution in [1.29, 1.82) is 0 Å². The van der Waals surface area contributed by atoms with Crippen LogP contribution in [0.5, 0.6) is 0 Å². The lowest BCUT2D eigenvalue weighted by Gasteiger charge is -2.28. The monoisotopic (exact) mass is 779 g/mol. The molecule has 0 atom stereocenters. The van der Waals surface area contributed by atoms with Crippen molar-refractivity contribution in [2.45, 2.75) is 13.3 Å². The SMILES string of the molecule is C=CC1=C(/C=C\C)c2c(n(-c3ccccc3)c3ccccc23)-c2cc(-c3cccc4c3Cc3c-4cccc3-n3c4ccccc4c4ccccc43)ccc2N1c1ccccc1. The number of aromatic nitrogens is 2. The third-order valence-corrected chi connectivity index (χ3v) is 12.8. The lowest BCUT2D eigenvalue weighted by Crippen LogP contribution is -2.16. The summed E-state index contributed by atoms with van der Waals surface area (Å²) < 4.78 is 4.95. The van der Waals surface area contributed by atoms with Gasteiger partial charge in [-0.3, -0.25) is 0 Å². The summed E-state index contributed by atoms with van der Waals surface area (Å²) in [5, 5.41) is 3.76. The topological polar surface area (TPSA) is 13.1 Å². The zero-order chi connectivity index (χ0) is 40.6. The molecule has 3 heterocycles. The van der Waals surface area contributed by atoms with Gasteiger partial charge in [0.05, 0.1) is 39.3 Å². The van der Waals surface area contributed by atoms with Crippen LogP contribution in [0.3, 0.4) is 0 Å². The fourth-order valence-corrected chi connectivity index (χ4v) is 10.4. The molecule has 0 unspecified atom stereocenters. The van der Waals surface area contributed by atoms with Crippen LogP contribution in [-0.2, 0) is 6.42 Å². The minimum absolute atomic E-state index is 0.841. The molecule has 1 aliphatic heterocycles. The maximum Gasteiger partial charge on any atom is 0.0641 e. The van der Waals surface area contributed by atoms with Crippen LogP contribution in [0.2, 0.25) is 0 Å². The van der Waals surface area contributed by atoms with Crippen molar-refractivity contribution in [2.24, 2.45) is 0 Å². The predicted octanol–water partition coefficient (Wildman–Crippen LogP) is 15.3. The first kappa shape index (κ1) is 35.1. The first-order chi connectivity index (χ1) is 30.2. The highest BCUT2D eigenvalue weighted by atomic mass is 15.2. The zero-order valence-corrected chi connectivity index (χ0v) is 33.9. The maximum atomic E-state index is 4.47. The Hall–Kier alpha value is -7.88. The molecule has 10 aromatic rings. The quantitative estimate of drug-likeness (QED) is 0.164.